The zero-order valence-corrected chi connectivity index (χ0v) is 18.1. The number of anilines is 4. The molecule has 31 heavy (non-hydrogen) atoms. The maximum Gasteiger partial charge on any atom is 0.229 e. The van der Waals surface area contributed by atoms with Crippen molar-refractivity contribution in [3.8, 4) is 0 Å². The predicted molar refractivity (Wildman–Crippen MR) is 116 cm³/mol. The molecule has 0 aliphatic heterocycles. The Kier molecular flexibility index (Phi) is 5.05. The van der Waals surface area contributed by atoms with Gasteiger partial charge in [0.05, 0.1) is 16.0 Å². The summed E-state index contributed by atoms with van der Waals surface area (Å²) in [4.78, 5) is 14.7. The number of aromatic amines is 1. The van der Waals surface area contributed by atoms with Gasteiger partial charge in [-0.1, -0.05) is 0 Å². The van der Waals surface area contributed by atoms with E-state index in [0.29, 0.717) is 28.4 Å². The molecule has 3 aromatic heterocycles. The quantitative estimate of drug-likeness (QED) is 0.484. The molecule has 0 aliphatic rings. The van der Waals surface area contributed by atoms with Crippen molar-refractivity contribution >= 4 is 44.1 Å². The number of pyridine rings is 1. The molecule has 9 nitrogen and oxygen atoms in total. The Bertz CT molecular complexity index is 1400. The fourth-order valence-electron chi connectivity index (χ4n) is 3.13. The summed E-state index contributed by atoms with van der Waals surface area (Å²) in [5.41, 5.74) is 2.09. The first-order valence-corrected chi connectivity index (χ1v) is 11.2. The number of halogens is 1. The van der Waals surface area contributed by atoms with E-state index in [9.17, 15) is 12.8 Å². The van der Waals surface area contributed by atoms with Gasteiger partial charge in [-0.05, 0) is 49.7 Å². The van der Waals surface area contributed by atoms with Crippen molar-refractivity contribution in [2.75, 3.05) is 23.5 Å². The lowest BCUT2D eigenvalue weighted by atomic mass is 10.2. The molecule has 3 heterocycles. The average molecular weight is 441 g/mol. The normalized spacial score (nSPS) is 11.6. The molecule has 2 N–H and O–H groups in total. The van der Waals surface area contributed by atoms with Crippen LogP contribution in [0.25, 0.3) is 11.0 Å². The molecular formula is C20H20FN7O2S. The molecule has 1 aromatic carbocycles. The summed E-state index contributed by atoms with van der Waals surface area (Å²) in [5.74, 6) is 0.813. The Hall–Kier alpha value is -3.60. The van der Waals surface area contributed by atoms with E-state index in [0.717, 1.165) is 11.8 Å². The molecule has 0 atom stereocenters. The number of benzene rings is 1. The van der Waals surface area contributed by atoms with Gasteiger partial charge in [-0.25, -0.2) is 22.8 Å². The van der Waals surface area contributed by atoms with Crippen molar-refractivity contribution < 1.29 is 12.8 Å². The van der Waals surface area contributed by atoms with Crippen LogP contribution in [0.4, 0.5) is 27.7 Å². The molecule has 0 spiro atoms. The van der Waals surface area contributed by atoms with E-state index in [1.165, 1.54) is 12.1 Å². The van der Waals surface area contributed by atoms with Crippen LogP contribution in [0, 0.1) is 19.7 Å². The van der Waals surface area contributed by atoms with Crippen LogP contribution in [0.2, 0.25) is 0 Å². The molecule has 0 unspecified atom stereocenters. The first-order valence-electron chi connectivity index (χ1n) is 9.28. The maximum atomic E-state index is 14.0. The zero-order chi connectivity index (χ0) is 22.3. The largest absolute Gasteiger partial charge is 0.324 e. The SMILES string of the molecule is Cc1cc(Nc2nccc(N(C)c3n[nH]c4nc(C)c(F)cc34)n2)cc(S(C)(=O)=O)c1. The van der Waals surface area contributed by atoms with E-state index in [4.69, 9.17) is 0 Å². The highest BCUT2D eigenvalue weighted by molar-refractivity contribution is 7.90. The Balaban J connectivity index is 1.67. The van der Waals surface area contributed by atoms with Gasteiger partial charge < -0.3 is 10.2 Å². The van der Waals surface area contributed by atoms with Crippen LogP contribution in [-0.4, -0.2) is 46.9 Å². The van der Waals surface area contributed by atoms with Crippen LogP contribution in [0.5, 0.6) is 0 Å². The van der Waals surface area contributed by atoms with Gasteiger partial charge in [0.2, 0.25) is 5.95 Å². The van der Waals surface area contributed by atoms with E-state index in [1.54, 1.807) is 43.3 Å². The summed E-state index contributed by atoms with van der Waals surface area (Å²) in [7, 11) is -1.61. The molecule has 0 saturated heterocycles. The minimum atomic E-state index is -3.36. The lowest BCUT2D eigenvalue weighted by Crippen LogP contribution is -2.13. The van der Waals surface area contributed by atoms with Gasteiger partial charge in [-0.3, -0.25) is 5.10 Å². The number of nitrogens with zero attached hydrogens (tertiary/aromatic N) is 5. The maximum absolute atomic E-state index is 14.0. The molecule has 11 heteroatoms. The van der Waals surface area contributed by atoms with E-state index in [2.05, 4.69) is 30.5 Å². The summed E-state index contributed by atoms with van der Waals surface area (Å²) >= 11 is 0. The molecule has 0 radical (unpaired) electrons. The van der Waals surface area contributed by atoms with Crippen molar-refractivity contribution in [1.82, 2.24) is 25.1 Å². The van der Waals surface area contributed by atoms with Gasteiger partial charge in [-0.2, -0.15) is 10.1 Å². The molecule has 4 rings (SSSR count). The van der Waals surface area contributed by atoms with Crippen LogP contribution in [0.15, 0.2) is 41.4 Å². The predicted octanol–water partition coefficient (Wildman–Crippen LogP) is 3.42. The average Bonchev–Trinajstić information content (AvgIpc) is 3.09. The van der Waals surface area contributed by atoms with Crippen molar-refractivity contribution in [2.24, 2.45) is 0 Å². The minimum Gasteiger partial charge on any atom is -0.324 e. The molecule has 0 saturated carbocycles. The fraction of sp³-hybridized carbons (Fsp3) is 0.200. The smallest absolute Gasteiger partial charge is 0.229 e. The minimum absolute atomic E-state index is 0.205. The Morgan fingerprint density at radius 3 is 2.65 bits per heavy atom. The Morgan fingerprint density at radius 2 is 1.90 bits per heavy atom. The van der Waals surface area contributed by atoms with Gasteiger partial charge in [0.15, 0.2) is 21.3 Å². The number of rotatable bonds is 5. The summed E-state index contributed by atoms with van der Waals surface area (Å²) in [6.07, 6.45) is 2.72. The van der Waals surface area contributed by atoms with Crippen molar-refractivity contribution in [3.05, 3.63) is 53.6 Å². The molecule has 0 bridgehead atoms. The standard InChI is InChI=1S/C20H20FN7O2S/c1-11-7-13(9-14(8-11)31(4,29)30)24-20-22-6-5-17(25-20)28(3)19-15-10-16(21)12(2)23-18(15)26-27-19/h5-10H,1-4H3,(H,22,24,25)(H,23,26,27). The second-order valence-corrected chi connectivity index (χ2v) is 9.24. The Morgan fingerprint density at radius 1 is 1.13 bits per heavy atom. The third-order valence-corrected chi connectivity index (χ3v) is 5.79. The van der Waals surface area contributed by atoms with Crippen molar-refractivity contribution in [1.29, 1.82) is 0 Å². The first kappa shape index (κ1) is 20.7. The van der Waals surface area contributed by atoms with Gasteiger partial charge in [0.1, 0.15) is 11.6 Å². The number of fused-ring (bicyclic) bond motifs is 1. The number of hydrogen-bond acceptors (Lipinski definition) is 8. The molecule has 0 aliphatic carbocycles. The highest BCUT2D eigenvalue weighted by Crippen LogP contribution is 2.29. The summed E-state index contributed by atoms with van der Waals surface area (Å²) in [6.45, 7) is 3.39. The molecular weight excluding hydrogens is 421 g/mol. The monoisotopic (exact) mass is 441 g/mol. The van der Waals surface area contributed by atoms with Crippen LogP contribution in [0.1, 0.15) is 11.3 Å². The molecule has 0 amide bonds. The van der Waals surface area contributed by atoms with Crippen LogP contribution < -0.4 is 10.2 Å². The van der Waals surface area contributed by atoms with E-state index < -0.39 is 15.7 Å². The lowest BCUT2D eigenvalue weighted by molar-refractivity contribution is 0.602. The molecule has 160 valence electrons. The van der Waals surface area contributed by atoms with E-state index in [-0.39, 0.29) is 16.5 Å². The molecule has 4 aromatic rings. The number of H-pyrrole nitrogens is 1. The summed E-state index contributed by atoms with van der Waals surface area (Å²) < 4.78 is 37.8. The Labute approximate surface area is 178 Å². The summed E-state index contributed by atoms with van der Waals surface area (Å²) in [5, 5.41) is 10.6. The van der Waals surface area contributed by atoms with Crippen molar-refractivity contribution in [3.63, 3.8) is 0 Å². The van der Waals surface area contributed by atoms with Crippen LogP contribution in [-0.2, 0) is 9.84 Å². The van der Waals surface area contributed by atoms with Gasteiger partial charge in [0, 0.05) is 25.2 Å². The number of aryl methyl sites for hydroxylation is 2. The first-order chi connectivity index (χ1) is 14.6. The fourth-order valence-corrected chi connectivity index (χ4v) is 3.87. The zero-order valence-electron chi connectivity index (χ0n) is 17.3. The topological polar surface area (TPSA) is 117 Å². The third kappa shape index (κ3) is 4.17. The van der Waals surface area contributed by atoms with Gasteiger partial charge in [0.25, 0.3) is 0 Å². The third-order valence-electron chi connectivity index (χ3n) is 4.70. The number of hydrogen-bond donors (Lipinski definition) is 2. The second-order valence-electron chi connectivity index (χ2n) is 7.23. The van der Waals surface area contributed by atoms with Gasteiger partial charge in [-0.15, -0.1) is 0 Å². The lowest BCUT2D eigenvalue weighted by Gasteiger charge is -2.16. The summed E-state index contributed by atoms with van der Waals surface area (Å²) in [6, 6.07) is 7.99. The number of sulfone groups is 1. The second kappa shape index (κ2) is 7.58. The number of aromatic nitrogens is 5. The van der Waals surface area contributed by atoms with E-state index >= 15 is 0 Å². The highest BCUT2D eigenvalue weighted by atomic mass is 32.2. The number of nitrogens with one attached hydrogen (secondary N) is 2. The van der Waals surface area contributed by atoms with Gasteiger partial charge >= 0.3 is 0 Å². The highest BCUT2D eigenvalue weighted by Gasteiger charge is 2.17. The van der Waals surface area contributed by atoms with Crippen LogP contribution >= 0.6 is 0 Å². The van der Waals surface area contributed by atoms with E-state index in [1.807, 2.05) is 6.92 Å². The van der Waals surface area contributed by atoms with Crippen molar-refractivity contribution in [2.45, 2.75) is 18.7 Å². The van der Waals surface area contributed by atoms with Crippen LogP contribution in [0.3, 0.4) is 0 Å². The molecule has 0 fully saturated rings.